The molecule has 0 aliphatic heterocycles. The Hall–Kier alpha value is -2.28. The summed E-state index contributed by atoms with van der Waals surface area (Å²) in [5, 5.41) is 12.4. The number of amides is 1. The van der Waals surface area contributed by atoms with Crippen LogP contribution in [0.25, 0.3) is 11.4 Å². The molecule has 1 saturated carbocycles. The van der Waals surface area contributed by atoms with Gasteiger partial charge >= 0.3 is 0 Å². The maximum atomic E-state index is 12.8. The number of thioether (sulfide) groups is 1. The first kappa shape index (κ1) is 21.4. The number of nitrogens with zero attached hydrogens (tertiary/aromatic N) is 3. The van der Waals surface area contributed by atoms with Crippen LogP contribution in [-0.2, 0) is 11.3 Å². The largest absolute Gasteiger partial charge is 0.497 e. The van der Waals surface area contributed by atoms with Crippen molar-refractivity contribution in [1.29, 1.82) is 0 Å². The van der Waals surface area contributed by atoms with E-state index < -0.39 is 0 Å². The lowest BCUT2D eigenvalue weighted by atomic mass is 9.86. The minimum absolute atomic E-state index is 0.0629. The van der Waals surface area contributed by atoms with E-state index in [9.17, 15) is 4.79 Å². The van der Waals surface area contributed by atoms with E-state index in [-0.39, 0.29) is 17.2 Å². The van der Waals surface area contributed by atoms with Gasteiger partial charge in [-0.05, 0) is 49.9 Å². The van der Waals surface area contributed by atoms with Gasteiger partial charge in [-0.15, -0.1) is 16.8 Å². The average molecular weight is 415 g/mol. The summed E-state index contributed by atoms with van der Waals surface area (Å²) in [6.07, 6.45) is 6.52. The van der Waals surface area contributed by atoms with Crippen LogP contribution in [0.5, 0.6) is 5.75 Å². The molecule has 0 saturated heterocycles. The molecular formula is C22H30N4O2S. The Kier molecular flexibility index (Phi) is 7.36. The third kappa shape index (κ3) is 5.21. The summed E-state index contributed by atoms with van der Waals surface area (Å²) in [7, 11) is 1.64. The number of ether oxygens (including phenoxy) is 1. The minimum Gasteiger partial charge on any atom is -0.497 e. The predicted molar refractivity (Wildman–Crippen MR) is 117 cm³/mol. The zero-order chi connectivity index (χ0) is 20.8. The molecule has 1 aliphatic rings. The monoisotopic (exact) mass is 414 g/mol. The Balaban J connectivity index is 1.73. The first-order valence-corrected chi connectivity index (χ1v) is 11.1. The molecule has 3 atom stereocenters. The number of aromatic nitrogens is 3. The number of allylic oxidation sites excluding steroid dienone is 1. The smallest absolute Gasteiger partial charge is 0.233 e. The maximum Gasteiger partial charge on any atom is 0.233 e. The van der Waals surface area contributed by atoms with E-state index >= 15 is 0 Å². The molecule has 6 nitrogen and oxygen atoms in total. The number of hydrogen-bond acceptors (Lipinski definition) is 5. The molecule has 1 heterocycles. The van der Waals surface area contributed by atoms with Crippen molar-refractivity contribution in [3.63, 3.8) is 0 Å². The summed E-state index contributed by atoms with van der Waals surface area (Å²) >= 11 is 1.44. The van der Waals surface area contributed by atoms with Crippen LogP contribution < -0.4 is 10.1 Å². The number of carbonyl (C=O) groups excluding carboxylic acids is 1. The molecule has 2 aromatic rings. The fourth-order valence-electron chi connectivity index (χ4n) is 3.67. The summed E-state index contributed by atoms with van der Waals surface area (Å²) in [4.78, 5) is 12.8. The van der Waals surface area contributed by atoms with Crippen molar-refractivity contribution in [1.82, 2.24) is 20.1 Å². The van der Waals surface area contributed by atoms with E-state index in [0.29, 0.717) is 12.5 Å². The van der Waals surface area contributed by atoms with Gasteiger partial charge in [0.1, 0.15) is 5.75 Å². The molecule has 0 spiro atoms. The van der Waals surface area contributed by atoms with Crippen molar-refractivity contribution >= 4 is 17.7 Å². The van der Waals surface area contributed by atoms with E-state index in [2.05, 4.69) is 29.0 Å². The van der Waals surface area contributed by atoms with E-state index in [1.807, 2.05) is 41.8 Å². The number of hydrogen-bond donors (Lipinski definition) is 1. The second-order valence-electron chi connectivity index (χ2n) is 7.57. The molecule has 156 valence electrons. The second-order valence-corrected chi connectivity index (χ2v) is 8.88. The lowest BCUT2D eigenvalue weighted by Crippen LogP contribution is -2.44. The normalized spacial score (nSPS) is 20.1. The lowest BCUT2D eigenvalue weighted by Gasteiger charge is -2.30. The van der Waals surface area contributed by atoms with Gasteiger partial charge in [0.15, 0.2) is 11.0 Å². The summed E-state index contributed by atoms with van der Waals surface area (Å²) < 4.78 is 7.22. The highest BCUT2D eigenvalue weighted by molar-refractivity contribution is 8.00. The van der Waals surface area contributed by atoms with Crippen LogP contribution in [0.2, 0.25) is 0 Å². The van der Waals surface area contributed by atoms with Crippen molar-refractivity contribution in [3.05, 3.63) is 36.9 Å². The molecule has 7 heteroatoms. The van der Waals surface area contributed by atoms with E-state index in [1.165, 1.54) is 31.0 Å². The zero-order valence-corrected chi connectivity index (χ0v) is 18.2. The molecule has 29 heavy (non-hydrogen) atoms. The summed E-state index contributed by atoms with van der Waals surface area (Å²) in [6, 6.07) is 7.99. The third-order valence-corrected chi connectivity index (χ3v) is 6.55. The summed E-state index contributed by atoms with van der Waals surface area (Å²) in [6.45, 7) is 8.58. The van der Waals surface area contributed by atoms with Crippen LogP contribution in [-0.4, -0.2) is 39.1 Å². The fraction of sp³-hybridized carbons (Fsp3) is 0.500. The second kappa shape index (κ2) is 9.96. The highest BCUT2D eigenvalue weighted by atomic mass is 32.2. The molecule has 1 amide bonds. The molecule has 0 unspecified atom stereocenters. The quantitative estimate of drug-likeness (QED) is 0.515. The van der Waals surface area contributed by atoms with E-state index in [1.54, 1.807) is 7.11 Å². The molecule has 1 aliphatic carbocycles. The van der Waals surface area contributed by atoms with Crippen LogP contribution in [0.15, 0.2) is 42.1 Å². The molecule has 0 radical (unpaired) electrons. The molecule has 1 aromatic heterocycles. The standard InChI is InChI=1S/C22H30N4O2S/c1-5-14-26-20(17-10-12-18(28-4)13-11-17)24-25-22(26)29-16(3)21(27)23-19-9-7-6-8-15(19)2/h5,10-13,15-16,19H,1,6-9,14H2,2-4H3,(H,23,27)/t15-,16-,19+/m1/s1. The Bertz CT molecular complexity index is 834. The maximum absolute atomic E-state index is 12.8. The van der Waals surface area contributed by atoms with Crippen LogP contribution in [0.3, 0.4) is 0 Å². The fourth-order valence-corrected chi connectivity index (χ4v) is 4.53. The van der Waals surface area contributed by atoms with Gasteiger partial charge in [-0.1, -0.05) is 37.6 Å². The average Bonchev–Trinajstić information content (AvgIpc) is 3.12. The lowest BCUT2D eigenvalue weighted by molar-refractivity contribution is -0.121. The van der Waals surface area contributed by atoms with Crippen molar-refractivity contribution in [3.8, 4) is 17.1 Å². The van der Waals surface area contributed by atoms with Gasteiger partial charge in [0.2, 0.25) is 5.91 Å². The molecule has 1 fully saturated rings. The van der Waals surface area contributed by atoms with Crippen molar-refractivity contribution in [2.45, 2.75) is 62.5 Å². The zero-order valence-electron chi connectivity index (χ0n) is 17.4. The van der Waals surface area contributed by atoms with Crippen molar-refractivity contribution < 1.29 is 9.53 Å². The SMILES string of the molecule is C=CCn1c(S[C@H](C)C(=O)N[C@H]2CCCC[C@H]2C)nnc1-c1ccc(OC)cc1. The van der Waals surface area contributed by atoms with Gasteiger partial charge in [0, 0.05) is 18.2 Å². The van der Waals surface area contributed by atoms with Gasteiger partial charge in [0.25, 0.3) is 0 Å². The molecule has 0 bridgehead atoms. The first-order chi connectivity index (χ1) is 14.0. The number of carbonyl (C=O) groups is 1. The Labute approximate surface area is 177 Å². The summed E-state index contributed by atoms with van der Waals surface area (Å²) in [5.74, 6) is 2.15. The molecule has 3 rings (SSSR count). The van der Waals surface area contributed by atoms with Gasteiger partial charge in [-0.2, -0.15) is 0 Å². The van der Waals surface area contributed by atoms with Gasteiger partial charge in [-0.3, -0.25) is 9.36 Å². The summed E-state index contributed by atoms with van der Waals surface area (Å²) in [5.41, 5.74) is 0.945. The van der Waals surface area contributed by atoms with Crippen molar-refractivity contribution in [2.75, 3.05) is 7.11 Å². The van der Waals surface area contributed by atoms with Crippen LogP contribution >= 0.6 is 11.8 Å². The van der Waals surface area contributed by atoms with E-state index in [0.717, 1.165) is 28.7 Å². The first-order valence-electron chi connectivity index (χ1n) is 10.2. The Morgan fingerprint density at radius 3 is 2.72 bits per heavy atom. The number of benzene rings is 1. The Morgan fingerprint density at radius 2 is 2.07 bits per heavy atom. The number of nitrogens with one attached hydrogen (secondary N) is 1. The third-order valence-electron chi connectivity index (χ3n) is 5.47. The van der Waals surface area contributed by atoms with Crippen molar-refractivity contribution in [2.24, 2.45) is 5.92 Å². The van der Waals surface area contributed by atoms with Crippen LogP contribution in [0, 0.1) is 5.92 Å². The number of rotatable bonds is 8. The van der Waals surface area contributed by atoms with Gasteiger partial charge < -0.3 is 10.1 Å². The highest BCUT2D eigenvalue weighted by Crippen LogP contribution is 2.29. The minimum atomic E-state index is -0.249. The van der Waals surface area contributed by atoms with Gasteiger partial charge in [-0.25, -0.2) is 0 Å². The molecular weight excluding hydrogens is 384 g/mol. The van der Waals surface area contributed by atoms with Crippen LogP contribution in [0.1, 0.15) is 39.5 Å². The predicted octanol–water partition coefficient (Wildman–Crippen LogP) is 4.32. The van der Waals surface area contributed by atoms with E-state index in [4.69, 9.17) is 4.74 Å². The highest BCUT2D eigenvalue weighted by Gasteiger charge is 2.26. The van der Waals surface area contributed by atoms with Crippen LogP contribution in [0.4, 0.5) is 0 Å². The Morgan fingerprint density at radius 1 is 1.34 bits per heavy atom. The topological polar surface area (TPSA) is 69.0 Å². The van der Waals surface area contributed by atoms with Gasteiger partial charge in [0.05, 0.1) is 12.4 Å². The molecule has 1 aromatic carbocycles. The number of methoxy groups -OCH3 is 1. The molecule has 1 N–H and O–H groups in total.